The molecule has 24 heteroatoms. The van der Waals surface area contributed by atoms with Crippen molar-refractivity contribution in [1.82, 2.24) is 0 Å². The van der Waals surface area contributed by atoms with Crippen molar-refractivity contribution in [1.29, 1.82) is 0 Å². The van der Waals surface area contributed by atoms with Gasteiger partial charge in [-0.2, -0.15) is 0 Å². The van der Waals surface area contributed by atoms with Crippen LogP contribution in [0.5, 0.6) is 17.2 Å². The topological polar surface area (TPSA) is 395 Å². The Hall–Kier alpha value is -5.61. The van der Waals surface area contributed by atoms with E-state index in [4.69, 9.17) is 55.1 Å². The van der Waals surface area contributed by atoms with Gasteiger partial charge in [-0.15, -0.1) is 0 Å². The Morgan fingerprint density at radius 2 is 0.808 bits per heavy atom. The van der Waals surface area contributed by atoms with Gasteiger partial charge >= 0.3 is 17.9 Å². The molecule has 3 aromatic carbocycles. The number of hydrogen-bond acceptors (Lipinski definition) is 21. The third-order valence-electron chi connectivity index (χ3n) is 12.1. The molecule has 0 aromatic heterocycles. The van der Waals surface area contributed by atoms with E-state index >= 15 is 0 Å². The predicted molar refractivity (Wildman–Crippen MR) is 263 cm³/mol. The molecule has 3 aliphatic heterocycles. The number of phenols is 3. The van der Waals surface area contributed by atoms with Crippen molar-refractivity contribution >= 4 is 35.0 Å². The number of carbonyl (C=O) groups excluding carboxylic acids is 3. The highest BCUT2D eigenvalue weighted by Gasteiger charge is 2.56. The molecule has 3 aromatic rings. The van der Waals surface area contributed by atoms with E-state index in [0.717, 1.165) is 0 Å². The molecule has 0 bridgehead atoms. The van der Waals surface area contributed by atoms with E-state index in [-0.39, 0.29) is 39.5 Å². The minimum absolute atomic E-state index is 0.141. The van der Waals surface area contributed by atoms with Crippen molar-refractivity contribution in [3.05, 3.63) is 71.3 Å². The van der Waals surface area contributed by atoms with E-state index in [9.17, 15) is 50.1 Å². The summed E-state index contributed by atoms with van der Waals surface area (Å²) >= 11 is 0. The van der Waals surface area contributed by atoms with E-state index in [2.05, 4.69) is 0 Å². The highest BCUT2D eigenvalue weighted by atomic mass is 16.7. The number of nitrogen functional groups attached to an aromatic ring is 3. The van der Waals surface area contributed by atoms with Gasteiger partial charge in [-0.1, -0.05) is 41.5 Å². The number of carbonyl (C=O) groups is 3. The number of likely N-dealkylation sites (N-methyl/N-ethyl adjacent to an activating group) is 3. The summed E-state index contributed by atoms with van der Waals surface area (Å²) in [6.45, 7) is 11.9. The first-order valence-electron chi connectivity index (χ1n) is 24.5. The minimum Gasteiger partial charge on any atom is -0.507 e. The molecule has 19 N–H and O–H groups in total. The number of quaternary nitrogens is 3. The van der Waals surface area contributed by atoms with Gasteiger partial charge in [-0.05, 0) is 61.5 Å². The molecule has 0 spiro atoms. The summed E-state index contributed by atoms with van der Waals surface area (Å²) in [5, 5.41) is 82.1. The quantitative estimate of drug-likeness (QED) is 0.0309. The second-order valence-corrected chi connectivity index (χ2v) is 16.5. The van der Waals surface area contributed by atoms with Crippen molar-refractivity contribution in [2.24, 2.45) is 0 Å². The molecule has 410 valence electrons. The Morgan fingerprint density at radius 3 is 1.18 bits per heavy atom. The maximum atomic E-state index is 13.4. The molecule has 6 rings (SSSR count). The number of aliphatic hydroxyl groups is 4. The number of hydrogen-bond donors (Lipinski definition) is 13. The lowest BCUT2D eigenvalue weighted by atomic mass is 9.92. The fourth-order valence-corrected chi connectivity index (χ4v) is 8.39. The highest BCUT2D eigenvalue weighted by molar-refractivity contribution is 5.94. The molecular weight excluding hydrogens is 961 g/mol. The van der Waals surface area contributed by atoms with Crippen molar-refractivity contribution in [3.63, 3.8) is 0 Å². The number of ether oxygens (including phenoxy) is 8. The molecule has 0 radical (unpaired) electrons. The summed E-state index contributed by atoms with van der Waals surface area (Å²) in [5.74, 6) is -4.24. The Labute approximate surface area is 424 Å². The molecular formula is C49H79N6O18+3. The third-order valence-corrected chi connectivity index (χ3v) is 12.1. The lowest BCUT2D eigenvalue weighted by molar-refractivity contribution is -0.705. The van der Waals surface area contributed by atoms with Gasteiger partial charge in [0, 0.05) is 17.1 Å². The summed E-state index contributed by atoms with van der Waals surface area (Å²) in [6.07, 6.45) is -16.5. The van der Waals surface area contributed by atoms with Crippen LogP contribution in [0.4, 0.5) is 17.1 Å². The van der Waals surface area contributed by atoms with Gasteiger partial charge in [0.2, 0.25) is 12.6 Å². The zero-order chi connectivity index (χ0) is 54.9. The van der Waals surface area contributed by atoms with Crippen molar-refractivity contribution in [2.45, 2.75) is 140 Å². The van der Waals surface area contributed by atoms with Gasteiger partial charge in [0.15, 0.2) is 12.1 Å². The first kappa shape index (κ1) is 61.7. The predicted octanol–water partition coefficient (Wildman–Crippen LogP) is -2.36. The van der Waals surface area contributed by atoms with E-state index in [1.165, 1.54) is 65.2 Å². The first-order valence-corrected chi connectivity index (χ1v) is 24.5. The van der Waals surface area contributed by atoms with Crippen LogP contribution < -0.4 is 33.2 Å². The molecule has 0 saturated carbocycles. The molecule has 3 aliphatic rings. The largest absolute Gasteiger partial charge is 0.507 e. The number of phenolic OH excluding ortho intramolecular Hbond substituents is 3. The number of esters is 3. The van der Waals surface area contributed by atoms with Crippen LogP contribution in [-0.4, -0.2) is 186 Å². The zero-order valence-corrected chi connectivity index (χ0v) is 43.1. The Kier molecular flexibility index (Phi) is 24.8. The normalized spacial score (nSPS) is 29.6. The average Bonchev–Trinajstić information content (AvgIpc) is 3.38. The van der Waals surface area contributed by atoms with Crippen LogP contribution in [-0.2, 0) is 37.9 Å². The van der Waals surface area contributed by atoms with Crippen LogP contribution >= 0.6 is 0 Å². The maximum Gasteiger partial charge on any atom is 0.342 e. The Balaban J connectivity index is 0.00000226. The van der Waals surface area contributed by atoms with Gasteiger partial charge in [-0.3, -0.25) is 0 Å². The Bertz CT molecular complexity index is 2210. The number of rotatable bonds is 16. The number of nitrogens with two attached hydrogens (primary N) is 6. The fraction of sp³-hybridized carbons (Fsp3) is 0.571. The van der Waals surface area contributed by atoms with Crippen LogP contribution in [0.3, 0.4) is 0 Å². The second kappa shape index (κ2) is 29.3. The Morgan fingerprint density at radius 1 is 0.493 bits per heavy atom. The highest BCUT2D eigenvalue weighted by Crippen LogP contribution is 2.33. The summed E-state index contributed by atoms with van der Waals surface area (Å²) in [5.41, 5.74) is 17.2. The summed E-state index contributed by atoms with van der Waals surface area (Å²) < 4.78 is 48.1. The molecule has 6 unspecified atom stereocenters. The zero-order valence-electron chi connectivity index (χ0n) is 43.1. The molecule has 3 fully saturated rings. The molecule has 0 amide bonds. The summed E-state index contributed by atoms with van der Waals surface area (Å²) in [4.78, 5) is 39.5. The van der Waals surface area contributed by atoms with E-state index in [0.29, 0.717) is 0 Å². The summed E-state index contributed by atoms with van der Waals surface area (Å²) in [6, 6.07) is 8.60. The molecule has 0 aliphatic carbocycles. The lowest BCUT2D eigenvalue weighted by Crippen LogP contribution is -2.96. The average molecular weight is 1040 g/mol. The van der Waals surface area contributed by atoms with Crippen LogP contribution in [0.15, 0.2) is 54.6 Å². The standard InChI is InChI=1S/C43H58N6O18.3C2H6/c1-17-30(47-2)35(55)37(28(63-17)15-61-40(58)22-12-19(45)6-9-25(22)51)66-43-32(49-4)36(56)38(29(65-43)16-62-41(59)23-13-20(46)7-10-26(23)52)67-42-31(48-3)34(54)33(53)27(64-42)14-60-39(57)21-11-18(44)5-8-24(21)50;3*1-2/h5-13,17,27-38,42-43,47-56H,14-16,44-46H2,1-4H3;3*1-2H3/p+3/t17-,27?,28?,29?,30?,31?,32?,33+,34-,35-,36-,37-,38-,42-,43-;;;/m0.../s1. The number of benzene rings is 3. The summed E-state index contributed by atoms with van der Waals surface area (Å²) in [7, 11) is 4.86. The van der Waals surface area contributed by atoms with Crippen LogP contribution in [0.1, 0.15) is 79.5 Å². The molecule has 73 heavy (non-hydrogen) atoms. The van der Waals surface area contributed by atoms with E-state index in [1.54, 1.807) is 33.4 Å². The van der Waals surface area contributed by atoms with Crippen molar-refractivity contribution in [2.75, 3.05) is 58.2 Å². The van der Waals surface area contributed by atoms with Crippen molar-refractivity contribution < 1.29 is 104 Å². The van der Waals surface area contributed by atoms with Gasteiger partial charge in [0.05, 0.1) is 21.1 Å². The molecule has 15 atom stereocenters. The smallest absolute Gasteiger partial charge is 0.342 e. The van der Waals surface area contributed by atoms with Gasteiger partial charge < -0.3 is 107 Å². The molecule has 24 nitrogen and oxygen atoms in total. The lowest BCUT2D eigenvalue weighted by Gasteiger charge is -2.48. The number of aliphatic hydroxyl groups excluding tert-OH is 4. The molecule has 3 saturated heterocycles. The van der Waals surface area contributed by atoms with Gasteiger partial charge in [0.25, 0.3) is 0 Å². The number of anilines is 3. The maximum absolute atomic E-state index is 13.4. The second-order valence-electron chi connectivity index (χ2n) is 16.5. The third kappa shape index (κ3) is 15.2. The molecule has 3 heterocycles. The van der Waals surface area contributed by atoms with E-state index < -0.39 is 141 Å². The van der Waals surface area contributed by atoms with Crippen LogP contribution in [0, 0.1) is 0 Å². The van der Waals surface area contributed by atoms with Crippen LogP contribution in [0.25, 0.3) is 0 Å². The SMILES string of the molecule is CC.CC.CC.C[NH2+]C1[C@H](O[C@H]2C(COC(=O)c3cc(N)ccc3O)O[C@@H](O[C@H]3C(COC(=O)c4cc(N)ccc4O)O[C@@H](C)C([NH2+]C)[C@@H]3O)C([NH2+]C)[C@@H]2O)OC(COC(=O)c2cc(N)ccc2O)[C@@H](O)[C@H]1O. The van der Waals surface area contributed by atoms with Gasteiger partial charge in [0.1, 0.15) is 121 Å². The fourth-order valence-electron chi connectivity index (χ4n) is 8.39. The van der Waals surface area contributed by atoms with Crippen LogP contribution in [0.2, 0.25) is 0 Å². The monoisotopic (exact) mass is 1040 g/mol. The first-order chi connectivity index (χ1) is 34.9. The number of aromatic hydroxyl groups is 3. The van der Waals surface area contributed by atoms with Crippen molar-refractivity contribution in [3.8, 4) is 17.2 Å². The minimum atomic E-state index is -1.63. The van der Waals surface area contributed by atoms with Gasteiger partial charge in [-0.25, -0.2) is 14.4 Å². The van der Waals surface area contributed by atoms with E-state index in [1.807, 2.05) is 41.5 Å².